The van der Waals surface area contributed by atoms with Crippen LogP contribution in [-0.2, 0) is 10.2 Å². The number of hydrogen-bond donors (Lipinski definition) is 1. The Bertz CT molecular complexity index is 989. The third kappa shape index (κ3) is 3.16. The normalized spacial score (nSPS) is 24.8. The fraction of sp³-hybridized carbons (Fsp3) is 0.500. The zero-order valence-corrected chi connectivity index (χ0v) is 18.3. The lowest BCUT2D eigenvalue weighted by Crippen LogP contribution is -2.32. The van der Waals surface area contributed by atoms with E-state index in [1.165, 1.54) is 18.7 Å². The van der Waals surface area contributed by atoms with Crippen LogP contribution in [0.15, 0.2) is 29.4 Å². The fourth-order valence-corrected chi connectivity index (χ4v) is 5.37. The SMILES string of the molecule is CC(=O)c1ccc(NC(=O)[C@@H](C)Sc2nnc3c(n2)[C@@]2(C)CC[C@H]3C2(C)C)cc1. The first-order chi connectivity index (χ1) is 13.6. The first-order valence-electron chi connectivity index (χ1n) is 9.97. The number of amides is 1. The van der Waals surface area contributed by atoms with Crippen LogP contribution >= 0.6 is 11.8 Å². The van der Waals surface area contributed by atoms with E-state index in [9.17, 15) is 9.59 Å². The van der Waals surface area contributed by atoms with Gasteiger partial charge in [0.05, 0.1) is 16.6 Å². The third-order valence-electron chi connectivity index (χ3n) is 6.98. The molecular formula is C22H26N4O2S. The molecule has 7 heteroatoms. The molecule has 2 aliphatic carbocycles. The number of rotatable bonds is 5. The van der Waals surface area contributed by atoms with Crippen molar-refractivity contribution in [3.05, 3.63) is 41.2 Å². The number of aromatic nitrogens is 3. The van der Waals surface area contributed by atoms with Crippen molar-refractivity contribution in [2.24, 2.45) is 5.41 Å². The summed E-state index contributed by atoms with van der Waals surface area (Å²) in [4.78, 5) is 28.8. The lowest BCUT2D eigenvalue weighted by atomic mass is 9.70. The van der Waals surface area contributed by atoms with Gasteiger partial charge in [0, 0.05) is 22.6 Å². The van der Waals surface area contributed by atoms with E-state index in [1.807, 2.05) is 6.92 Å². The molecule has 29 heavy (non-hydrogen) atoms. The summed E-state index contributed by atoms with van der Waals surface area (Å²) in [7, 11) is 0. The van der Waals surface area contributed by atoms with Crippen LogP contribution in [0.2, 0.25) is 0 Å². The van der Waals surface area contributed by atoms with Gasteiger partial charge >= 0.3 is 0 Å². The van der Waals surface area contributed by atoms with E-state index in [1.54, 1.807) is 24.3 Å². The molecule has 2 aliphatic rings. The van der Waals surface area contributed by atoms with Crippen LogP contribution < -0.4 is 5.32 Å². The molecule has 2 bridgehead atoms. The van der Waals surface area contributed by atoms with E-state index < -0.39 is 0 Å². The van der Waals surface area contributed by atoms with Gasteiger partial charge in [-0.15, -0.1) is 5.10 Å². The standard InChI is InChI=1S/C22H26N4O2S/c1-12(27)14-6-8-15(9-7-14)23-19(28)13(2)29-20-24-18-17(25-26-20)16-10-11-22(18,5)21(16,3)4/h6-9,13,16H,10-11H2,1-5H3,(H,23,28)/t13-,16-,22-/m1/s1. The Morgan fingerprint density at radius 2 is 1.86 bits per heavy atom. The Morgan fingerprint density at radius 1 is 1.17 bits per heavy atom. The van der Waals surface area contributed by atoms with Gasteiger partial charge in [0.1, 0.15) is 0 Å². The predicted molar refractivity (Wildman–Crippen MR) is 113 cm³/mol. The number of anilines is 1. The minimum absolute atomic E-state index is 0.00127. The lowest BCUT2D eigenvalue weighted by Gasteiger charge is -2.34. The van der Waals surface area contributed by atoms with Gasteiger partial charge in [0.2, 0.25) is 11.1 Å². The lowest BCUT2D eigenvalue weighted by molar-refractivity contribution is -0.115. The highest BCUT2D eigenvalue weighted by atomic mass is 32.2. The van der Waals surface area contributed by atoms with Crippen LogP contribution in [0.4, 0.5) is 5.69 Å². The second-order valence-electron chi connectivity index (χ2n) is 8.86. The number of hydrogen-bond acceptors (Lipinski definition) is 6. The van der Waals surface area contributed by atoms with E-state index in [-0.39, 0.29) is 27.8 Å². The number of Topliss-reactive ketones (excluding diaryl/α,β-unsaturated/α-hetero) is 1. The minimum atomic E-state index is -0.373. The largest absolute Gasteiger partial charge is 0.325 e. The van der Waals surface area contributed by atoms with Crippen LogP contribution in [-0.4, -0.2) is 32.1 Å². The minimum Gasteiger partial charge on any atom is -0.325 e. The Kier molecular flexibility index (Phi) is 4.76. The molecule has 3 atom stereocenters. The van der Waals surface area contributed by atoms with Gasteiger partial charge in [-0.2, -0.15) is 5.10 Å². The molecule has 1 amide bonds. The number of carbonyl (C=O) groups excluding carboxylic acids is 2. The van der Waals surface area contributed by atoms with Crippen molar-refractivity contribution in [3.63, 3.8) is 0 Å². The molecule has 1 aromatic heterocycles. The number of thioether (sulfide) groups is 1. The topological polar surface area (TPSA) is 84.8 Å². The van der Waals surface area contributed by atoms with Gasteiger partial charge in [-0.05, 0) is 56.4 Å². The van der Waals surface area contributed by atoms with Crippen molar-refractivity contribution in [2.45, 2.75) is 69.2 Å². The zero-order valence-electron chi connectivity index (χ0n) is 17.4. The smallest absolute Gasteiger partial charge is 0.237 e. The van der Waals surface area contributed by atoms with Crippen molar-refractivity contribution >= 4 is 29.1 Å². The third-order valence-corrected chi connectivity index (χ3v) is 7.93. The highest BCUT2D eigenvalue weighted by Crippen LogP contribution is 2.66. The Balaban J connectivity index is 1.46. The van der Waals surface area contributed by atoms with Gasteiger partial charge < -0.3 is 5.32 Å². The zero-order chi connectivity index (χ0) is 21.0. The van der Waals surface area contributed by atoms with Crippen LogP contribution in [0, 0.1) is 5.41 Å². The fourth-order valence-electron chi connectivity index (χ4n) is 4.66. The van der Waals surface area contributed by atoms with Crippen LogP contribution in [0.5, 0.6) is 0 Å². The molecule has 0 saturated heterocycles. The van der Waals surface area contributed by atoms with E-state index in [0.29, 0.717) is 22.3 Å². The van der Waals surface area contributed by atoms with Crippen molar-refractivity contribution in [1.29, 1.82) is 0 Å². The monoisotopic (exact) mass is 410 g/mol. The van der Waals surface area contributed by atoms with Crippen molar-refractivity contribution < 1.29 is 9.59 Å². The Morgan fingerprint density at radius 3 is 2.52 bits per heavy atom. The molecule has 0 aliphatic heterocycles. The first kappa shape index (κ1) is 20.0. The summed E-state index contributed by atoms with van der Waals surface area (Å²) in [6, 6.07) is 6.89. The maximum absolute atomic E-state index is 12.6. The summed E-state index contributed by atoms with van der Waals surface area (Å²) in [6.07, 6.45) is 2.26. The summed E-state index contributed by atoms with van der Waals surface area (Å²) >= 11 is 1.32. The number of nitrogens with one attached hydrogen (secondary N) is 1. The molecular weight excluding hydrogens is 384 g/mol. The molecule has 0 spiro atoms. The Labute approximate surface area is 175 Å². The number of ketones is 1. The average molecular weight is 411 g/mol. The van der Waals surface area contributed by atoms with Gasteiger partial charge in [-0.1, -0.05) is 32.5 Å². The van der Waals surface area contributed by atoms with Gasteiger partial charge in [0.25, 0.3) is 0 Å². The van der Waals surface area contributed by atoms with Crippen LogP contribution in [0.3, 0.4) is 0 Å². The average Bonchev–Trinajstić information content (AvgIpc) is 3.01. The molecule has 0 radical (unpaired) electrons. The van der Waals surface area contributed by atoms with Gasteiger partial charge in [0.15, 0.2) is 5.78 Å². The second-order valence-corrected chi connectivity index (χ2v) is 10.2. The molecule has 152 valence electrons. The van der Waals surface area contributed by atoms with Crippen molar-refractivity contribution in [2.75, 3.05) is 5.32 Å². The molecule has 0 unspecified atom stereocenters. The molecule has 1 N–H and O–H groups in total. The second kappa shape index (κ2) is 6.90. The summed E-state index contributed by atoms with van der Waals surface area (Å²) in [5.74, 6) is 0.279. The van der Waals surface area contributed by atoms with Gasteiger partial charge in [-0.3, -0.25) is 9.59 Å². The molecule has 2 aromatic rings. The molecule has 1 aromatic carbocycles. The Hall–Kier alpha value is -2.28. The highest BCUT2D eigenvalue weighted by molar-refractivity contribution is 8.00. The van der Waals surface area contributed by atoms with E-state index >= 15 is 0 Å². The van der Waals surface area contributed by atoms with Gasteiger partial charge in [-0.25, -0.2) is 4.98 Å². The highest BCUT2D eigenvalue weighted by Gasteiger charge is 2.61. The van der Waals surface area contributed by atoms with Crippen molar-refractivity contribution in [1.82, 2.24) is 15.2 Å². The molecule has 1 fully saturated rings. The van der Waals surface area contributed by atoms with Crippen molar-refractivity contribution in [3.8, 4) is 0 Å². The summed E-state index contributed by atoms with van der Waals surface area (Å²) in [6.45, 7) is 10.2. The number of nitrogens with zero attached hydrogens (tertiary/aromatic N) is 3. The first-order valence-corrected chi connectivity index (χ1v) is 10.8. The molecule has 6 nitrogen and oxygen atoms in total. The summed E-state index contributed by atoms with van der Waals surface area (Å²) in [5.41, 5.74) is 3.53. The summed E-state index contributed by atoms with van der Waals surface area (Å²) < 4.78 is 0. The molecule has 4 rings (SSSR count). The maximum Gasteiger partial charge on any atom is 0.237 e. The van der Waals surface area contributed by atoms with Crippen LogP contribution in [0.1, 0.15) is 75.1 Å². The quantitative estimate of drug-likeness (QED) is 0.582. The summed E-state index contributed by atoms with van der Waals surface area (Å²) in [5, 5.41) is 11.9. The van der Waals surface area contributed by atoms with E-state index in [0.717, 1.165) is 24.2 Å². The molecule has 1 heterocycles. The van der Waals surface area contributed by atoms with E-state index in [2.05, 4.69) is 36.3 Å². The predicted octanol–water partition coefficient (Wildman–Crippen LogP) is 4.37. The number of benzene rings is 1. The maximum atomic E-state index is 12.6. The van der Waals surface area contributed by atoms with E-state index in [4.69, 9.17) is 4.98 Å². The molecule has 1 saturated carbocycles. The van der Waals surface area contributed by atoms with Crippen LogP contribution in [0.25, 0.3) is 0 Å². The number of fused-ring (bicyclic) bond motifs is 5. The number of carbonyl (C=O) groups is 2.